The summed E-state index contributed by atoms with van der Waals surface area (Å²) in [7, 11) is 1.62. The van der Waals surface area contributed by atoms with Crippen molar-refractivity contribution in [2.24, 2.45) is 0 Å². The van der Waals surface area contributed by atoms with Crippen molar-refractivity contribution in [3.63, 3.8) is 0 Å². The van der Waals surface area contributed by atoms with E-state index in [-0.39, 0.29) is 5.91 Å². The summed E-state index contributed by atoms with van der Waals surface area (Å²) in [6.07, 6.45) is -0.477. The summed E-state index contributed by atoms with van der Waals surface area (Å²) < 4.78 is 5.25. The molecule has 0 radical (unpaired) electrons. The van der Waals surface area contributed by atoms with E-state index in [1.807, 2.05) is 46.7 Å². The number of aromatic nitrogens is 2. The Hall–Kier alpha value is -2.68. The van der Waals surface area contributed by atoms with Gasteiger partial charge < -0.3 is 14.7 Å². The third-order valence-electron chi connectivity index (χ3n) is 5.14. The molecule has 0 spiro atoms. The average molecular weight is 413 g/mol. The lowest BCUT2D eigenvalue weighted by Crippen LogP contribution is -2.49. The largest absolute Gasteiger partial charge is 0.497 e. The summed E-state index contributed by atoms with van der Waals surface area (Å²) in [4.78, 5) is 17.9. The Morgan fingerprint density at radius 3 is 2.79 bits per heavy atom. The Balaban J connectivity index is 1.34. The standard InChI is InChI=1S/C21H24N4O3S/c1-28-16-5-2-4-15(12-16)17-13-18(23-22-17)21(27)25-9-7-24(8-10-25)14-19(26)20-6-3-11-29-20/h2-6,11-13,19,26H,7-10,14H2,1H3,(H,22,23). The highest BCUT2D eigenvalue weighted by Gasteiger charge is 2.25. The van der Waals surface area contributed by atoms with Gasteiger partial charge in [-0.05, 0) is 29.6 Å². The number of hydrogen-bond donors (Lipinski definition) is 2. The van der Waals surface area contributed by atoms with Crippen LogP contribution in [-0.2, 0) is 0 Å². The van der Waals surface area contributed by atoms with E-state index in [2.05, 4.69) is 15.1 Å². The average Bonchev–Trinajstić information content (AvgIpc) is 3.46. The van der Waals surface area contributed by atoms with Crippen molar-refractivity contribution in [3.05, 3.63) is 58.4 Å². The molecule has 0 bridgehead atoms. The molecule has 1 amide bonds. The number of amides is 1. The fraction of sp³-hybridized carbons (Fsp3) is 0.333. The minimum Gasteiger partial charge on any atom is -0.497 e. The molecule has 1 fully saturated rings. The quantitative estimate of drug-likeness (QED) is 0.651. The van der Waals surface area contributed by atoms with Gasteiger partial charge in [-0.3, -0.25) is 14.8 Å². The first kappa shape index (κ1) is 19.6. The van der Waals surface area contributed by atoms with Gasteiger partial charge in [-0.1, -0.05) is 18.2 Å². The molecule has 0 aliphatic carbocycles. The minimum absolute atomic E-state index is 0.0508. The molecule has 1 aliphatic heterocycles. The number of rotatable bonds is 6. The van der Waals surface area contributed by atoms with Gasteiger partial charge in [0, 0.05) is 43.2 Å². The number of piperazine rings is 1. The van der Waals surface area contributed by atoms with Crippen LogP contribution in [0.15, 0.2) is 47.8 Å². The number of nitrogens with zero attached hydrogens (tertiary/aromatic N) is 3. The summed E-state index contributed by atoms with van der Waals surface area (Å²) in [5, 5.41) is 19.5. The van der Waals surface area contributed by atoms with Crippen LogP contribution in [0.3, 0.4) is 0 Å². The molecular formula is C21H24N4O3S. The van der Waals surface area contributed by atoms with E-state index in [0.29, 0.717) is 31.0 Å². The highest BCUT2D eigenvalue weighted by atomic mass is 32.1. The van der Waals surface area contributed by atoms with Gasteiger partial charge in [-0.15, -0.1) is 11.3 Å². The molecule has 1 atom stereocenters. The van der Waals surface area contributed by atoms with Crippen LogP contribution >= 0.6 is 11.3 Å². The normalized spacial score (nSPS) is 16.0. The molecule has 29 heavy (non-hydrogen) atoms. The van der Waals surface area contributed by atoms with Crippen LogP contribution in [0.1, 0.15) is 21.5 Å². The number of benzene rings is 1. The summed E-state index contributed by atoms with van der Waals surface area (Å²) in [5.74, 6) is 0.698. The Morgan fingerprint density at radius 2 is 2.07 bits per heavy atom. The van der Waals surface area contributed by atoms with Crippen molar-refractivity contribution in [1.82, 2.24) is 20.0 Å². The molecule has 1 saturated heterocycles. The number of methoxy groups -OCH3 is 1. The zero-order chi connectivity index (χ0) is 20.2. The number of nitrogens with one attached hydrogen (secondary N) is 1. The Morgan fingerprint density at radius 1 is 1.24 bits per heavy atom. The lowest BCUT2D eigenvalue weighted by Gasteiger charge is -2.35. The molecule has 2 aromatic heterocycles. The lowest BCUT2D eigenvalue weighted by molar-refractivity contribution is 0.0528. The second kappa shape index (κ2) is 8.77. The highest BCUT2D eigenvalue weighted by molar-refractivity contribution is 7.10. The van der Waals surface area contributed by atoms with Crippen LogP contribution in [0.25, 0.3) is 11.3 Å². The molecule has 7 nitrogen and oxygen atoms in total. The maximum Gasteiger partial charge on any atom is 0.271 e. The number of aliphatic hydroxyl groups is 1. The van der Waals surface area contributed by atoms with Crippen LogP contribution in [0.2, 0.25) is 0 Å². The zero-order valence-electron chi connectivity index (χ0n) is 16.2. The number of aromatic amines is 1. The first-order valence-corrected chi connectivity index (χ1v) is 10.4. The molecule has 1 unspecified atom stereocenters. The third kappa shape index (κ3) is 4.50. The fourth-order valence-corrected chi connectivity index (χ4v) is 4.18. The van der Waals surface area contributed by atoms with Gasteiger partial charge in [-0.2, -0.15) is 5.10 Å². The maximum atomic E-state index is 12.8. The second-order valence-electron chi connectivity index (χ2n) is 7.02. The van der Waals surface area contributed by atoms with E-state index in [4.69, 9.17) is 4.74 Å². The summed E-state index contributed by atoms with van der Waals surface area (Å²) >= 11 is 1.56. The second-order valence-corrected chi connectivity index (χ2v) is 8.00. The van der Waals surface area contributed by atoms with E-state index in [0.717, 1.165) is 29.3 Å². The third-order valence-corrected chi connectivity index (χ3v) is 6.11. The molecule has 152 valence electrons. The van der Waals surface area contributed by atoms with Crippen molar-refractivity contribution in [2.45, 2.75) is 6.10 Å². The molecule has 3 aromatic rings. The predicted octanol–water partition coefficient (Wildman–Crippen LogP) is 2.64. The molecule has 2 N–H and O–H groups in total. The molecule has 8 heteroatoms. The summed E-state index contributed by atoms with van der Waals surface area (Å²) in [6, 6.07) is 13.3. The summed E-state index contributed by atoms with van der Waals surface area (Å²) in [6.45, 7) is 3.33. The van der Waals surface area contributed by atoms with Crippen LogP contribution < -0.4 is 4.74 Å². The number of hydrogen-bond acceptors (Lipinski definition) is 6. The van der Waals surface area contributed by atoms with Crippen LogP contribution in [-0.4, -0.2) is 70.8 Å². The number of aliphatic hydroxyl groups excluding tert-OH is 1. The first-order chi connectivity index (χ1) is 14.1. The smallest absolute Gasteiger partial charge is 0.271 e. The van der Waals surface area contributed by atoms with Gasteiger partial charge in [0.2, 0.25) is 0 Å². The molecule has 1 aromatic carbocycles. The zero-order valence-corrected chi connectivity index (χ0v) is 17.1. The van der Waals surface area contributed by atoms with E-state index in [1.54, 1.807) is 24.5 Å². The lowest BCUT2D eigenvalue weighted by atomic mass is 10.1. The SMILES string of the molecule is COc1cccc(-c2cc(C(=O)N3CCN(CC(O)c4cccs4)CC3)[nH]n2)c1. The van der Waals surface area contributed by atoms with E-state index >= 15 is 0 Å². The Bertz CT molecular complexity index is 949. The van der Waals surface area contributed by atoms with Crippen LogP contribution in [0, 0.1) is 0 Å². The van der Waals surface area contributed by atoms with Crippen molar-refractivity contribution in [1.29, 1.82) is 0 Å². The summed E-state index contributed by atoms with van der Waals surface area (Å²) in [5.41, 5.74) is 2.09. The predicted molar refractivity (Wildman–Crippen MR) is 112 cm³/mol. The molecule has 3 heterocycles. The van der Waals surface area contributed by atoms with Gasteiger partial charge in [0.05, 0.1) is 12.8 Å². The minimum atomic E-state index is -0.477. The number of ether oxygens (including phenoxy) is 1. The van der Waals surface area contributed by atoms with Crippen LogP contribution in [0.4, 0.5) is 0 Å². The van der Waals surface area contributed by atoms with Crippen molar-refractivity contribution < 1.29 is 14.6 Å². The number of β-amino-alcohol motifs (C(OH)–C–C–N with tert-alkyl or cyclic N) is 1. The van der Waals surface area contributed by atoms with Gasteiger partial charge in [0.25, 0.3) is 5.91 Å². The molecule has 1 aliphatic rings. The monoisotopic (exact) mass is 412 g/mol. The van der Waals surface area contributed by atoms with E-state index < -0.39 is 6.10 Å². The number of H-pyrrole nitrogens is 1. The Kier molecular flexibility index (Phi) is 5.94. The Labute approximate surface area is 173 Å². The molecule has 4 rings (SSSR count). The van der Waals surface area contributed by atoms with Crippen molar-refractivity contribution in [2.75, 3.05) is 39.8 Å². The van der Waals surface area contributed by atoms with Gasteiger partial charge in [0.1, 0.15) is 17.5 Å². The van der Waals surface area contributed by atoms with Gasteiger partial charge in [-0.25, -0.2) is 0 Å². The number of thiophene rings is 1. The topological polar surface area (TPSA) is 81.7 Å². The molecular weight excluding hydrogens is 388 g/mol. The van der Waals surface area contributed by atoms with Gasteiger partial charge in [0.15, 0.2) is 0 Å². The van der Waals surface area contributed by atoms with Crippen molar-refractivity contribution in [3.8, 4) is 17.0 Å². The molecule has 0 saturated carbocycles. The number of carbonyl (C=O) groups excluding carboxylic acids is 1. The maximum absolute atomic E-state index is 12.8. The van der Waals surface area contributed by atoms with E-state index in [9.17, 15) is 9.90 Å². The number of carbonyl (C=O) groups is 1. The van der Waals surface area contributed by atoms with E-state index in [1.165, 1.54) is 0 Å². The van der Waals surface area contributed by atoms with Gasteiger partial charge >= 0.3 is 0 Å². The fourth-order valence-electron chi connectivity index (χ4n) is 3.48. The highest BCUT2D eigenvalue weighted by Crippen LogP contribution is 2.23. The van der Waals surface area contributed by atoms with Crippen LogP contribution in [0.5, 0.6) is 5.75 Å². The first-order valence-electron chi connectivity index (χ1n) is 9.57. The van der Waals surface area contributed by atoms with Crippen molar-refractivity contribution >= 4 is 17.2 Å².